The van der Waals surface area contributed by atoms with E-state index in [0.717, 1.165) is 0 Å². The molecule has 0 fully saturated rings. The van der Waals surface area contributed by atoms with E-state index >= 15 is 0 Å². The molecule has 0 atom stereocenters. The van der Waals surface area contributed by atoms with Crippen molar-refractivity contribution in [2.75, 3.05) is 0 Å². The third kappa shape index (κ3) is 31.3. The van der Waals surface area contributed by atoms with Gasteiger partial charge in [0.05, 0.1) is 0 Å². The van der Waals surface area contributed by atoms with Crippen LogP contribution in [-0.2, 0) is 0 Å². The maximum absolute atomic E-state index is 9.66. The molecule has 0 unspecified atom stereocenters. The van der Waals surface area contributed by atoms with Gasteiger partial charge in [0, 0.05) is 0 Å². The van der Waals surface area contributed by atoms with Gasteiger partial charge in [-0.05, 0) is 0 Å². The Labute approximate surface area is 133 Å². The van der Waals surface area contributed by atoms with Crippen LogP contribution in [0.25, 0.3) is 0 Å². The smallest absolute Gasteiger partial charge is 0.527 e. The van der Waals surface area contributed by atoms with Crippen molar-refractivity contribution in [3.05, 3.63) is 0 Å². The summed E-state index contributed by atoms with van der Waals surface area (Å²) in [6.45, 7) is 0. The number of hydrogen-bond donors (Lipinski definition) is 2. The van der Waals surface area contributed by atoms with Crippen LogP contribution in [0.5, 0.6) is 0 Å². The summed E-state index contributed by atoms with van der Waals surface area (Å²) in [5, 5.41) is 27.9. The van der Waals surface area contributed by atoms with E-state index < -0.39 is 24.2 Å². The zero-order valence-electron chi connectivity index (χ0n) is 8.10. The van der Waals surface area contributed by atoms with Crippen LogP contribution < -0.4 is 21.7 Å². The summed E-state index contributed by atoms with van der Waals surface area (Å²) in [5.74, 6) is 0. The molecule has 0 saturated carbocycles. The second kappa shape index (κ2) is 12.7. The summed E-state index contributed by atoms with van der Waals surface area (Å²) in [4.78, 5) is 37.8. The van der Waals surface area contributed by atoms with Gasteiger partial charge in [0.1, 0.15) is 0 Å². The molecule has 0 spiro atoms. The average molecular weight is 369 g/mol. The van der Waals surface area contributed by atoms with E-state index in [4.69, 9.17) is 0 Å². The zero-order chi connectivity index (χ0) is 13.1. The molecule has 0 aliphatic heterocycles. The third-order valence-electron chi connectivity index (χ3n) is 0.460. The number of primary amides is 2. The number of carbonyl (C=O) groups is 4. The molecular weight excluding hydrogens is 365 g/mol. The molecule has 4 N–H and O–H groups in total. The van der Waals surface area contributed by atoms with E-state index in [1.54, 1.807) is 0 Å². The van der Waals surface area contributed by atoms with E-state index in [-0.39, 0.29) is 48.9 Å². The molecule has 0 bridgehead atoms. The fraction of sp³-hybridized carbons (Fsp3) is 0. The van der Waals surface area contributed by atoms with E-state index in [9.17, 15) is 29.4 Å². The van der Waals surface area contributed by atoms with Gasteiger partial charge in [0.15, 0.2) is 12.2 Å². The monoisotopic (exact) mass is 370 g/mol. The summed E-state index contributed by atoms with van der Waals surface area (Å²) in [5.41, 5.74) is 8.87. The van der Waals surface area contributed by atoms with Crippen LogP contribution in [0.2, 0.25) is 0 Å². The first-order valence-corrected chi connectivity index (χ1v) is 3.10. The Morgan fingerprint density at radius 2 is 0.941 bits per heavy atom. The van der Waals surface area contributed by atoms with Crippen LogP contribution in [0, 0.1) is 0 Å². The summed E-state index contributed by atoms with van der Waals surface area (Å²) >= 11 is 0. The number of nitrogens with zero attached hydrogens (tertiary/aromatic N) is 4. The molecule has 0 aromatic carbocycles. The van der Waals surface area contributed by atoms with Crippen molar-refractivity contribution in [1.29, 1.82) is 0 Å². The summed E-state index contributed by atoms with van der Waals surface area (Å²) in [7, 11) is 0. The number of carboxylic acid groups (broad SMARTS) is 2. The van der Waals surface area contributed by atoms with Crippen LogP contribution in [-0.4, -0.2) is 73.1 Å². The van der Waals surface area contributed by atoms with Gasteiger partial charge in [0.2, 0.25) is 0 Å². The first-order valence-electron chi connectivity index (χ1n) is 3.10. The van der Waals surface area contributed by atoms with Crippen LogP contribution in [0.4, 0.5) is 19.2 Å². The Bertz CT molecular complexity index is 286. The molecule has 0 aromatic heterocycles. The largest absolute Gasteiger partial charge is 2.00 e. The summed E-state index contributed by atoms with van der Waals surface area (Å²) < 4.78 is 0. The maximum Gasteiger partial charge on any atom is 2.00 e. The molecular formula is C4H4BaN6O6. The molecule has 12 nitrogen and oxygen atoms in total. The first-order chi connectivity index (χ1) is 7.25. The topological polar surface area (TPSA) is 216 Å². The Morgan fingerprint density at radius 3 is 1.06 bits per heavy atom. The third-order valence-corrected chi connectivity index (χ3v) is 0.460. The number of rotatable bonds is 0. The van der Waals surface area contributed by atoms with E-state index in [1.807, 2.05) is 0 Å². The number of amides is 6. The van der Waals surface area contributed by atoms with Crippen LogP contribution >= 0.6 is 0 Å². The van der Waals surface area contributed by atoms with Gasteiger partial charge in [0.25, 0.3) is 0 Å². The number of nitrogens with two attached hydrogens (primary N) is 2. The predicted octanol–water partition coefficient (Wildman–Crippen LogP) is -2.66. The van der Waals surface area contributed by atoms with Crippen molar-refractivity contribution >= 4 is 73.1 Å². The molecule has 0 saturated heterocycles. The number of azo groups is 2. The number of urea groups is 2. The van der Waals surface area contributed by atoms with Gasteiger partial charge < -0.3 is 31.3 Å². The van der Waals surface area contributed by atoms with Crippen molar-refractivity contribution < 1.29 is 29.4 Å². The van der Waals surface area contributed by atoms with Crippen molar-refractivity contribution in [3.8, 4) is 0 Å². The van der Waals surface area contributed by atoms with Gasteiger partial charge in [-0.25, -0.2) is 9.59 Å². The van der Waals surface area contributed by atoms with Gasteiger partial charge >= 0.3 is 60.9 Å². The SMILES string of the molecule is NC(=O)/N=N/C(N)=O.O=C([O-])/N=N/C(=O)[O-].[Ba+2]. The second-order valence-electron chi connectivity index (χ2n) is 1.61. The molecule has 6 amide bonds. The molecule has 17 heavy (non-hydrogen) atoms. The van der Waals surface area contributed by atoms with Crippen LogP contribution in [0.1, 0.15) is 0 Å². The van der Waals surface area contributed by atoms with Crippen molar-refractivity contribution in [2.45, 2.75) is 0 Å². The van der Waals surface area contributed by atoms with Gasteiger partial charge in [-0.1, -0.05) is 10.2 Å². The van der Waals surface area contributed by atoms with E-state index in [0.29, 0.717) is 0 Å². The molecule has 13 heteroatoms. The van der Waals surface area contributed by atoms with Crippen LogP contribution in [0.3, 0.4) is 0 Å². The predicted molar refractivity (Wildman–Crippen MR) is 45.4 cm³/mol. The first kappa shape index (κ1) is 21.0. The van der Waals surface area contributed by atoms with Gasteiger partial charge in [-0.2, -0.15) is 0 Å². The normalized spacial score (nSPS) is 8.94. The minimum Gasteiger partial charge on any atom is -0.527 e. The fourth-order valence-corrected chi connectivity index (χ4v) is 0.180. The number of carbonyl (C=O) groups excluding carboxylic acids is 4. The summed E-state index contributed by atoms with van der Waals surface area (Å²) in [6, 6.07) is -2.08. The van der Waals surface area contributed by atoms with E-state index in [1.165, 1.54) is 0 Å². The van der Waals surface area contributed by atoms with Crippen LogP contribution in [0.15, 0.2) is 20.5 Å². The van der Waals surface area contributed by atoms with Crippen molar-refractivity contribution in [1.82, 2.24) is 0 Å². The quantitative estimate of drug-likeness (QED) is 0.342. The minimum absolute atomic E-state index is 0. The zero-order valence-corrected chi connectivity index (χ0v) is 12.5. The van der Waals surface area contributed by atoms with Crippen molar-refractivity contribution in [2.24, 2.45) is 31.9 Å². The molecule has 0 aliphatic carbocycles. The van der Waals surface area contributed by atoms with Gasteiger partial charge in [-0.3, -0.25) is 0 Å². The van der Waals surface area contributed by atoms with Crippen molar-refractivity contribution in [3.63, 3.8) is 0 Å². The minimum atomic E-state index is -1.91. The molecule has 0 rings (SSSR count). The molecule has 88 valence electrons. The molecule has 0 aliphatic rings. The second-order valence-corrected chi connectivity index (χ2v) is 1.61. The fourth-order valence-electron chi connectivity index (χ4n) is 0.180. The molecule has 0 heterocycles. The standard InChI is InChI=1S/C2H4N4O2.C2H2N2O4.Ba/c3-1(7)5-6-2(4)8;5-1(6)3-4-2(7)8;/h(H2,3,7)(H2,4,8);(H,5,6)(H,7,8);/q;;+2/p-2/b6-5+;4-3+;. The molecule has 0 radical (unpaired) electrons. The molecule has 0 aromatic rings. The van der Waals surface area contributed by atoms with Gasteiger partial charge in [-0.15, -0.1) is 10.2 Å². The Morgan fingerprint density at radius 1 is 0.706 bits per heavy atom. The Hall–Kier alpha value is -1.35. The average Bonchev–Trinajstić information content (AvgIpc) is 2.12. The number of hydrogen-bond acceptors (Lipinski definition) is 6. The Kier molecular flexibility index (Phi) is 15.7. The van der Waals surface area contributed by atoms with E-state index in [2.05, 4.69) is 31.9 Å². The summed E-state index contributed by atoms with van der Waals surface area (Å²) in [6.07, 6.45) is -3.82. The maximum atomic E-state index is 9.66. The Balaban J connectivity index is -0.000000218.